The van der Waals surface area contributed by atoms with E-state index in [9.17, 15) is 14.4 Å². The molecule has 1 saturated heterocycles. The lowest BCUT2D eigenvalue weighted by Gasteiger charge is -2.38. The van der Waals surface area contributed by atoms with Crippen LogP contribution in [-0.2, 0) is 25.5 Å². The number of esters is 1. The van der Waals surface area contributed by atoms with E-state index in [0.29, 0.717) is 21.4 Å². The second kappa shape index (κ2) is 10.7. The number of halogens is 3. The molecule has 1 aliphatic heterocycles. The first-order valence-electron chi connectivity index (χ1n) is 11.4. The summed E-state index contributed by atoms with van der Waals surface area (Å²) in [6, 6.07) is 10.8. The molecule has 1 fully saturated rings. The van der Waals surface area contributed by atoms with E-state index in [2.05, 4.69) is 10.3 Å². The second-order valence-corrected chi connectivity index (χ2v) is 10.8. The quantitative estimate of drug-likeness (QED) is 0.413. The highest BCUT2D eigenvalue weighted by atomic mass is 35.5. The molecule has 1 atom stereocenters. The van der Waals surface area contributed by atoms with Crippen molar-refractivity contribution in [3.8, 4) is 5.69 Å². The predicted molar refractivity (Wildman–Crippen MR) is 140 cm³/mol. The van der Waals surface area contributed by atoms with Gasteiger partial charge in [-0.3, -0.25) is 14.5 Å². The third-order valence-corrected chi connectivity index (χ3v) is 6.22. The average molecular weight is 565 g/mol. The largest absolute Gasteiger partial charge is 0.458 e. The standard InChI is InChI=1S/C25H24Cl3N5O4/c1-25(2,3)37-24(36)20(10-15-4-6-16(26)7-5-15)32-14-22(34)31(13-23(32)35)19-11-17(27)8-9-18(19)33-12-21(28)29-30-33/h4-9,11-12,20H,10,13-14H2,1-3H3. The van der Waals surface area contributed by atoms with Crippen LogP contribution in [0.4, 0.5) is 5.69 Å². The maximum Gasteiger partial charge on any atom is 0.329 e. The molecule has 1 unspecified atom stereocenters. The number of ether oxygens (including phenoxy) is 1. The smallest absolute Gasteiger partial charge is 0.329 e. The van der Waals surface area contributed by atoms with Crippen molar-refractivity contribution in [1.29, 1.82) is 0 Å². The molecule has 0 saturated carbocycles. The Morgan fingerprint density at radius 3 is 2.27 bits per heavy atom. The number of hydrogen-bond donors (Lipinski definition) is 0. The third kappa shape index (κ3) is 6.41. The summed E-state index contributed by atoms with van der Waals surface area (Å²) in [7, 11) is 0. The van der Waals surface area contributed by atoms with Gasteiger partial charge >= 0.3 is 5.97 Å². The zero-order valence-corrected chi connectivity index (χ0v) is 22.6. The van der Waals surface area contributed by atoms with Crippen molar-refractivity contribution in [2.45, 2.75) is 38.8 Å². The minimum Gasteiger partial charge on any atom is -0.458 e. The number of benzene rings is 2. The molecule has 9 nitrogen and oxygen atoms in total. The summed E-state index contributed by atoms with van der Waals surface area (Å²) in [5, 5.41) is 8.80. The zero-order valence-electron chi connectivity index (χ0n) is 20.3. The Morgan fingerprint density at radius 1 is 0.973 bits per heavy atom. The van der Waals surface area contributed by atoms with Gasteiger partial charge in [-0.15, -0.1) is 5.10 Å². The molecule has 2 heterocycles. The van der Waals surface area contributed by atoms with Crippen molar-refractivity contribution < 1.29 is 19.1 Å². The summed E-state index contributed by atoms with van der Waals surface area (Å²) in [4.78, 5) is 42.6. The molecule has 194 valence electrons. The highest BCUT2D eigenvalue weighted by Crippen LogP contribution is 2.30. The van der Waals surface area contributed by atoms with Crippen molar-refractivity contribution in [3.05, 3.63) is 69.4 Å². The van der Waals surface area contributed by atoms with Gasteiger partial charge in [0.05, 0.1) is 17.6 Å². The number of anilines is 1. The topological polar surface area (TPSA) is 97.6 Å². The normalized spacial score (nSPS) is 15.2. The summed E-state index contributed by atoms with van der Waals surface area (Å²) in [5.74, 6) is -1.43. The Kier molecular flexibility index (Phi) is 7.77. The number of rotatable bonds is 6. The number of amides is 2. The number of nitrogens with zero attached hydrogens (tertiary/aromatic N) is 5. The fourth-order valence-corrected chi connectivity index (χ4v) is 4.36. The first kappa shape index (κ1) is 26.9. The zero-order chi connectivity index (χ0) is 26.9. The van der Waals surface area contributed by atoms with Gasteiger partial charge in [0.15, 0.2) is 5.15 Å². The van der Waals surface area contributed by atoms with Gasteiger partial charge in [0.2, 0.25) is 11.8 Å². The summed E-state index contributed by atoms with van der Waals surface area (Å²) >= 11 is 18.1. The molecule has 1 aliphatic rings. The number of piperazine rings is 1. The van der Waals surface area contributed by atoms with Gasteiger partial charge in [0, 0.05) is 16.5 Å². The molecule has 0 spiro atoms. The molecule has 2 aromatic carbocycles. The molecule has 0 bridgehead atoms. The lowest BCUT2D eigenvalue weighted by atomic mass is 10.0. The van der Waals surface area contributed by atoms with Crippen LogP contribution >= 0.6 is 34.8 Å². The maximum absolute atomic E-state index is 13.4. The van der Waals surface area contributed by atoms with E-state index in [1.54, 1.807) is 63.2 Å². The van der Waals surface area contributed by atoms with E-state index >= 15 is 0 Å². The number of hydrogen-bond acceptors (Lipinski definition) is 6. The van der Waals surface area contributed by atoms with Gasteiger partial charge in [0.1, 0.15) is 24.7 Å². The molecule has 0 radical (unpaired) electrons. The van der Waals surface area contributed by atoms with Crippen molar-refractivity contribution >= 4 is 58.3 Å². The Labute approximate surface area is 228 Å². The Bertz CT molecular complexity index is 1340. The fraction of sp³-hybridized carbons (Fsp3) is 0.320. The van der Waals surface area contributed by atoms with E-state index in [1.807, 2.05) is 0 Å². The minimum atomic E-state index is -1.01. The van der Waals surface area contributed by atoms with Crippen LogP contribution in [0.3, 0.4) is 0 Å². The van der Waals surface area contributed by atoms with Gasteiger partial charge in [-0.2, -0.15) is 0 Å². The van der Waals surface area contributed by atoms with Crippen molar-refractivity contribution in [2.24, 2.45) is 0 Å². The third-order valence-electron chi connectivity index (χ3n) is 5.56. The molecule has 0 aliphatic carbocycles. The Hall–Kier alpha value is -3.14. The average Bonchev–Trinajstić information content (AvgIpc) is 3.25. The summed E-state index contributed by atoms with van der Waals surface area (Å²) in [5.41, 5.74) is 0.809. The predicted octanol–water partition coefficient (Wildman–Crippen LogP) is 4.36. The van der Waals surface area contributed by atoms with Gasteiger partial charge in [0.25, 0.3) is 0 Å². The molecule has 0 N–H and O–H groups in total. The molecular weight excluding hydrogens is 541 g/mol. The van der Waals surface area contributed by atoms with E-state index in [-0.39, 0.29) is 24.7 Å². The molecule has 4 rings (SSSR count). The monoisotopic (exact) mass is 563 g/mol. The summed E-state index contributed by atoms with van der Waals surface area (Å²) in [6.07, 6.45) is 1.63. The summed E-state index contributed by atoms with van der Waals surface area (Å²) in [6.45, 7) is 4.58. The Morgan fingerprint density at radius 2 is 1.65 bits per heavy atom. The van der Waals surface area contributed by atoms with Crippen LogP contribution in [0.1, 0.15) is 26.3 Å². The van der Waals surface area contributed by atoms with Gasteiger partial charge in [-0.1, -0.05) is 52.1 Å². The van der Waals surface area contributed by atoms with Gasteiger partial charge in [-0.25, -0.2) is 9.48 Å². The van der Waals surface area contributed by atoms with Crippen molar-refractivity contribution in [2.75, 3.05) is 18.0 Å². The summed E-state index contributed by atoms with van der Waals surface area (Å²) < 4.78 is 7.00. The van der Waals surface area contributed by atoms with E-state index in [0.717, 1.165) is 5.56 Å². The second-order valence-electron chi connectivity index (χ2n) is 9.50. The lowest BCUT2D eigenvalue weighted by molar-refractivity contribution is -0.165. The van der Waals surface area contributed by atoms with Crippen LogP contribution in [-0.4, -0.2) is 62.4 Å². The van der Waals surface area contributed by atoms with Gasteiger partial charge in [-0.05, 0) is 56.7 Å². The molecule has 2 amide bonds. The molecule has 12 heteroatoms. The maximum atomic E-state index is 13.4. The van der Waals surface area contributed by atoms with E-state index in [1.165, 1.54) is 20.7 Å². The first-order chi connectivity index (χ1) is 17.4. The van der Waals surface area contributed by atoms with Crippen LogP contribution in [0, 0.1) is 0 Å². The highest BCUT2D eigenvalue weighted by molar-refractivity contribution is 6.31. The van der Waals surface area contributed by atoms with Crippen LogP contribution in [0.25, 0.3) is 5.69 Å². The first-order valence-corrected chi connectivity index (χ1v) is 12.5. The van der Waals surface area contributed by atoms with Crippen LogP contribution in [0.15, 0.2) is 48.7 Å². The number of aromatic nitrogens is 3. The van der Waals surface area contributed by atoms with E-state index < -0.39 is 29.4 Å². The number of carbonyl (C=O) groups excluding carboxylic acids is 3. The minimum absolute atomic E-state index is 0.158. The Balaban J connectivity index is 1.64. The molecule has 37 heavy (non-hydrogen) atoms. The molecular formula is C25H24Cl3N5O4. The van der Waals surface area contributed by atoms with E-state index in [4.69, 9.17) is 39.5 Å². The molecule has 3 aromatic rings. The molecule has 1 aromatic heterocycles. The lowest BCUT2D eigenvalue weighted by Crippen LogP contribution is -2.60. The fourth-order valence-electron chi connectivity index (χ4n) is 3.94. The van der Waals surface area contributed by atoms with Crippen molar-refractivity contribution in [1.82, 2.24) is 19.9 Å². The van der Waals surface area contributed by atoms with Crippen molar-refractivity contribution in [3.63, 3.8) is 0 Å². The van der Waals surface area contributed by atoms with Gasteiger partial charge < -0.3 is 9.64 Å². The van der Waals surface area contributed by atoms with Crippen LogP contribution in [0.2, 0.25) is 15.2 Å². The van der Waals surface area contributed by atoms with Crippen LogP contribution in [0.5, 0.6) is 0 Å². The number of carbonyl (C=O) groups is 3. The highest BCUT2D eigenvalue weighted by Gasteiger charge is 2.40. The SMILES string of the molecule is CC(C)(C)OC(=O)C(Cc1ccc(Cl)cc1)N1CC(=O)N(c2cc(Cl)ccc2-n2cc(Cl)nn2)CC1=O. The van der Waals surface area contributed by atoms with Crippen LogP contribution < -0.4 is 4.90 Å².